The Labute approximate surface area is 148 Å². The minimum absolute atomic E-state index is 0.162. The molecule has 7 heteroatoms. The monoisotopic (exact) mass is 396 g/mol. The Hall–Kier alpha value is -2.02. The Morgan fingerprint density at radius 1 is 1.33 bits per heavy atom. The number of aromatic amines is 1. The summed E-state index contributed by atoms with van der Waals surface area (Å²) in [4.78, 5) is 28.2. The van der Waals surface area contributed by atoms with Crippen LogP contribution < -0.4 is 0 Å². The lowest BCUT2D eigenvalue weighted by Gasteiger charge is -2.28. The minimum atomic E-state index is -1.08. The fourth-order valence-electron chi connectivity index (χ4n) is 2.41. The summed E-state index contributed by atoms with van der Waals surface area (Å²) in [5, 5.41) is 10.5. The molecule has 0 aliphatic heterocycles. The van der Waals surface area contributed by atoms with Crippen molar-refractivity contribution in [2.75, 3.05) is 7.05 Å². The van der Waals surface area contributed by atoms with Crippen LogP contribution in [-0.2, 0) is 16.0 Å². The molecule has 24 heavy (non-hydrogen) atoms. The number of nitrogens with one attached hydrogen (secondary N) is 1. The third kappa shape index (κ3) is 4.08. The molecular formula is C17H21BrN2O4. The molecule has 6 nitrogen and oxygen atoms in total. The molecule has 0 bridgehead atoms. The molecule has 2 rings (SSSR count). The summed E-state index contributed by atoms with van der Waals surface area (Å²) in [6.07, 6.45) is -0.499. The van der Waals surface area contributed by atoms with Crippen LogP contribution in [0, 0.1) is 0 Å². The summed E-state index contributed by atoms with van der Waals surface area (Å²) in [5.74, 6) is -1.08. The average molecular weight is 397 g/mol. The lowest BCUT2D eigenvalue weighted by atomic mass is 10.0. The van der Waals surface area contributed by atoms with Gasteiger partial charge in [-0.15, -0.1) is 0 Å². The van der Waals surface area contributed by atoms with E-state index < -0.39 is 23.7 Å². The molecule has 0 radical (unpaired) electrons. The molecule has 2 aromatic rings. The normalized spacial score (nSPS) is 12.9. The second kappa shape index (κ2) is 6.84. The average Bonchev–Trinajstić information content (AvgIpc) is 2.77. The topological polar surface area (TPSA) is 82.6 Å². The zero-order chi connectivity index (χ0) is 18.1. The first kappa shape index (κ1) is 18.3. The van der Waals surface area contributed by atoms with E-state index in [0.717, 1.165) is 21.4 Å². The van der Waals surface area contributed by atoms with Crippen molar-refractivity contribution in [1.29, 1.82) is 0 Å². The number of amides is 1. The zero-order valence-electron chi connectivity index (χ0n) is 14.1. The molecule has 1 heterocycles. The number of carbonyl (C=O) groups excluding carboxylic acids is 1. The largest absolute Gasteiger partial charge is 0.480 e. The van der Waals surface area contributed by atoms with Crippen LogP contribution in [0.4, 0.5) is 4.79 Å². The van der Waals surface area contributed by atoms with Crippen LogP contribution in [0.5, 0.6) is 0 Å². The highest BCUT2D eigenvalue weighted by molar-refractivity contribution is 9.10. The van der Waals surface area contributed by atoms with Crippen LogP contribution in [0.15, 0.2) is 28.9 Å². The van der Waals surface area contributed by atoms with Gasteiger partial charge in [0.1, 0.15) is 11.6 Å². The third-order valence-corrected chi connectivity index (χ3v) is 4.27. The van der Waals surface area contributed by atoms with Gasteiger partial charge in [0.15, 0.2) is 0 Å². The van der Waals surface area contributed by atoms with Crippen LogP contribution in [0.25, 0.3) is 10.9 Å². The number of aromatic nitrogens is 1. The molecule has 1 aromatic carbocycles. The maximum absolute atomic E-state index is 12.2. The number of rotatable bonds is 4. The SMILES string of the molecule is CN(C(=O)OC(C)(C)C)C(Cc1c(Br)[nH]c2ccccc12)C(=O)O. The van der Waals surface area contributed by atoms with Gasteiger partial charge >= 0.3 is 12.1 Å². The summed E-state index contributed by atoms with van der Waals surface area (Å²) in [6.45, 7) is 5.22. The molecule has 0 aliphatic carbocycles. The molecule has 0 saturated heterocycles. The Morgan fingerprint density at radius 2 is 1.96 bits per heavy atom. The van der Waals surface area contributed by atoms with Crippen molar-refractivity contribution < 1.29 is 19.4 Å². The van der Waals surface area contributed by atoms with E-state index in [1.165, 1.54) is 7.05 Å². The summed E-state index contributed by atoms with van der Waals surface area (Å²) in [6, 6.07) is 6.58. The number of benzene rings is 1. The van der Waals surface area contributed by atoms with Crippen LogP contribution >= 0.6 is 15.9 Å². The van der Waals surface area contributed by atoms with Crippen molar-refractivity contribution in [3.05, 3.63) is 34.4 Å². The lowest BCUT2D eigenvalue weighted by molar-refractivity contribution is -0.142. The van der Waals surface area contributed by atoms with Gasteiger partial charge in [-0.05, 0) is 48.3 Å². The number of carboxylic acids is 1. The van der Waals surface area contributed by atoms with Gasteiger partial charge in [0.25, 0.3) is 0 Å². The third-order valence-electron chi connectivity index (χ3n) is 3.59. The molecular weight excluding hydrogens is 376 g/mol. The number of aliphatic carboxylic acids is 1. The maximum atomic E-state index is 12.2. The number of halogens is 1. The Morgan fingerprint density at radius 3 is 2.54 bits per heavy atom. The number of hydrogen-bond donors (Lipinski definition) is 2. The van der Waals surface area contributed by atoms with Gasteiger partial charge in [-0.2, -0.15) is 0 Å². The molecule has 130 valence electrons. The van der Waals surface area contributed by atoms with E-state index in [9.17, 15) is 14.7 Å². The predicted octanol–water partition coefficient (Wildman–Crippen LogP) is 3.79. The van der Waals surface area contributed by atoms with Crippen LogP contribution in [0.3, 0.4) is 0 Å². The first-order valence-corrected chi connectivity index (χ1v) is 8.33. The van der Waals surface area contributed by atoms with Crippen molar-refractivity contribution in [2.45, 2.75) is 38.8 Å². The van der Waals surface area contributed by atoms with Gasteiger partial charge in [0.2, 0.25) is 0 Å². The van der Waals surface area contributed by atoms with E-state index in [-0.39, 0.29) is 6.42 Å². The van der Waals surface area contributed by atoms with E-state index in [2.05, 4.69) is 20.9 Å². The van der Waals surface area contributed by atoms with Crippen molar-refractivity contribution in [3.63, 3.8) is 0 Å². The van der Waals surface area contributed by atoms with E-state index >= 15 is 0 Å². The number of nitrogens with zero attached hydrogens (tertiary/aromatic N) is 1. The summed E-state index contributed by atoms with van der Waals surface area (Å²) >= 11 is 3.44. The van der Waals surface area contributed by atoms with Crippen LogP contribution in [-0.4, -0.2) is 45.7 Å². The molecule has 1 atom stereocenters. The molecule has 1 aromatic heterocycles. The fourth-order valence-corrected chi connectivity index (χ4v) is 3.00. The number of H-pyrrole nitrogens is 1. The predicted molar refractivity (Wildman–Crippen MR) is 95.1 cm³/mol. The number of hydrogen-bond acceptors (Lipinski definition) is 3. The number of ether oxygens (including phenoxy) is 1. The first-order valence-electron chi connectivity index (χ1n) is 7.54. The van der Waals surface area contributed by atoms with E-state index in [4.69, 9.17) is 4.74 Å². The maximum Gasteiger partial charge on any atom is 0.410 e. The van der Waals surface area contributed by atoms with Crippen molar-refractivity contribution in [3.8, 4) is 0 Å². The van der Waals surface area contributed by atoms with Crippen LogP contribution in [0.2, 0.25) is 0 Å². The highest BCUT2D eigenvalue weighted by Gasteiger charge is 2.31. The smallest absolute Gasteiger partial charge is 0.410 e. The fraction of sp³-hybridized carbons (Fsp3) is 0.412. The second-order valence-corrected chi connectivity index (χ2v) is 7.41. The zero-order valence-corrected chi connectivity index (χ0v) is 15.7. The highest BCUT2D eigenvalue weighted by Crippen LogP contribution is 2.28. The van der Waals surface area contributed by atoms with Crippen molar-refractivity contribution in [1.82, 2.24) is 9.88 Å². The Bertz CT molecular complexity index is 764. The van der Waals surface area contributed by atoms with E-state index in [0.29, 0.717) is 4.60 Å². The van der Waals surface area contributed by atoms with Gasteiger partial charge in [-0.25, -0.2) is 9.59 Å². The minimum Gasteiger partial charge on any atom is -0.480 e. The first-order chi connectivity index (χ1) is 11.1. The number of fused-ring (bicyclic) bond motifs is 1. The number of carbonyl (C=O) groups is 2. The summed E-state index contributed by atoms with van der Waals surface area (Å²) in [7, 11) is 1.44. The van der Waals surface area contributed by atoms with Crippen molar-refractivity contribution in [2.24, 2.45) is 0 Å². The standard InChI is InChI=1S/C17H21BrN2O4/c1-17(2,3)24-16(23)20(4)13(15(21)22)9-11-10-7-5-6-8-12(10)19-14(11)18/h5-8,13,19H,9H2,1-4H3,(H,21,22). The molecule has 0 spiro atoms. The van der Waals surface area contributed by atoms with Gasteiger partial charge in [0.05, 0.1) is 4.60 Å². The molecule has 1 unspecified atom stereocenters. The summed E-state index contributed by atoms with van der Waals surface area (Å²) < 4.78 is 5.99. The molecule has 0 saturated carbocycles. The van der Waals surface area contributed by atoms with Gasteiger partial charge in [-0.3, -0.25) is 4.90 Å². The number of likely N-dealkylation sites (N-methyl/N-ethyl adjacent to an activating group) is 1. The Balaban J connectivity index is 2.30. The lowest BCUT2D eigenvalue weighted by Crippen LogP contribution is -2.46. The van der Waals surface area contributed by atoms with Crippen LogP contribution in [0.1, 0.15) is 26.3 Å². The quantitative estimate of drug-likeness (QED) is 0.823. The second-order valence-electron chi connectivity index (χ2n) is 6.61. The molecule has 0 fully saturated rings. The number of para-hydroxylation sites is 1. The summed E-state index contributed by atoms with van der Waals surface area (Å²) in [5.41, 5.74) is 1.03. The highest BCUT2D eigenvalue weighted by atomic mass is 79.9. The van der Waals surface area contributed by atoms with E-state index in [1.54, 1.807) is 20.8 Å². The van der Waals surface area contributed by atoms with E-state index in [1.807, 2.05) is 24.3 Å². The molecule has 1 amide bonds. The van der Waals surface area contributed by atoms with Crippen molar-refractivity contribution >= 4 is 38.9 Å². The van der Waals surface area contributed by atoms with Gasteiger partial charge < -0.3 is 14.8 Å². The van der Waals surface area contributed by atoms with Gasteiger partial charge in [0, 0.05) is 24.4 Å². The molecule has 2 N–H and O–H groups in total. The number of carboxylic acid groups (broad SMARTS) is 1. The molecule has 0 aliphatic rings. The Kier molecular flexibility index (Phi) is 5.22. The van der Waals surface area contributed by atoms with Gasteiger partial charge in [-0.1, -0.05) is 18.2 Å².